The molecule has 1 heterocycles. The highest BCUT2D eigenvalue weighted by Crippen LogP contribution is 2.39. The molecule has 1 aromatic heterocycles. The maximum absolute atomic E-state index is 12.5. The number of carboxylic acids is 1. The Balaban J connectivity index is 1.56. The van der Waals surface area contributed by atoms with Crippen LogP contribution in [-0.2, 0) is 27.2 Å². The van der Waals surface area contributed by atoms with Gasteiger partial charge in [0.2, 0.25) is 11.8 Å². The number of rotatable bonds is 8. The van der Waals surface area contributed by atoms with Crippen LogP contribution in [0.1, 0.15) is 42.2 Å². The third-order valence-electron chi connectivity index (χ3n) is 4.93. The molecule has 1 unspecified atom stereocenters. The van der Waals surface area contributed by atoms with E-state index in [0.29, 0.717) is 22.2 Å². The van der Waals surface area contributed by atoms with Gasteiger partial charge in [0.1, 0.15) is 11.1 Å². The number of anilines is 2. The van der Waals surface area contributed by atoms with Crippen molar-refractivity contribution in [2.45, 2.75) is 43.9 Å². The number of hydrogen-bond donors (Lipinski definition) is 3. The normalized spacial score (nSPS) is 14.9. The van der Waals surface area contributed by atoms with Crippen molar-refractivity contribution in [3.8, 4) is 6.07 Å². The van der Waals surface area contributed by atoms with Crippen molar-refractivity contribution in [2.75, 3.05) is 16.4 Å². The van der Waals surface area contributed by atoms with Crippen LogP contribution in [0.3, 0.4) is 0 Å². The molecule has 162 valence electrons. The number of carbonyl (C=O) groups excluding carboxylic acids is 2. The summed E-state index contributed by atoms with van der Waals surface area (Å²) in [6.07, 6.45) is 2.57. The molecule has 0 bridgehead atoms. The number of hydrogen-bond acceptors (Lipinski definition) is 6. The minimum absolute atomic E-state index is 0.0973. The third kappa shape index (κ3) is 6.32. The molecule has 0 spiro atoms. The second-order valence-electron chi connectivity index (χ2n) is 7.47. The zero-order valence-corrected chi connectivity index (χ0v) is 18.7. The van der Waals surface area contributed by atoms with Crippen molar-refractivity contribution in [2.24, 2.45) is 5.92 Å². The van der Waals surface area contributed by atoms with Gasteiger partial charge in [0.05, 0.1) is 17.7 Å². The second kappa shape index (κ2) is 10.5. The molecule has 0 aliphatic heterocycles. The molecule has 1 atom stereocenters. The van der Waals surface area contributed by atoms with E-state index in [-0.39, 0.29) is 30.4 Å². The zero-order valence-electron chi connectivity index (χ0n) is 17.1. The summed E-state index contributed by atoms with van der Waals surface area (Å²) in [5, 5.41) is 24.4. The van der Waals surface area contributed by atoms with Gasteiger partial charge in [-0.05, 0) is 48.9 Å². The Bertz CT molecular complexity index is 1040. The number of nitriles is 1. The Hall–Kier alpha value is -2.83. The molecule has 0 saturated carbocycles. The molecule has 7 nitrogen and oxygen atoms in total. The van der Waals surface area contributed by atoms with Gasteiger partial charge in [-0.15, -0.1) is 23.1 Å². The molecular formula is C22H23N3O4S2. The van der Waals surface area contributed by atoms with E-state index in [2.05, 4.69) is 23.6 Å². The SMILES string of the molecule is CC1CCc2c(sc(NC(=O)CSc3cccc(NC(=O)CCC(=O)O)c3)c2C#N)C1. The van der Waals surface area contributed by atoms with E-state index in [1.54, 1.807) is 18.2 Å². The van der Waals surface area contributed by atoms with Gasteiger partial charge in [0, 0.05) is 21.9 Å². The largest absolute Gasteiger partial charge is 0.481 e. The van der Waals surface area contributed by atoms with E-state index in [1.807, 2.05) is 6.07 Å². The van der Waals surface area contributed by atoms with Crippen molar-refractivity contribution >= 4 is 51.6 Å². The first-order valence-corrected chi connectivity index (χ1v) is 11.7. The lowest BCUT2D eigenvalue weighted by molar-refractivity contribution is -0.138. The van der Waals surface area contributed by atoms with Crippen molar-refractivity contribution < 1.29 is 19.5 Å². The highest BCUT2D eigenvalue weighted by Gasteiger charge is 2.24. The Morgan fingerprint density at radius 2 is 2.06 bits per heavy atom. The predicted octanol–water partition coefficient (Wildman–Crippen LogP) is 4.28. The summed E-state index contributed by atoms with van der Waals surface area (Å²) in [4.78, 5) is 36.8. The van der Waals surface area contributed by atoms with Crippen LogP contribution in [0, 0.1) is 17.2 Å². The van der Waals surface area contributed by atoms with E-state index < -0.39 is 5.97 Å². The lowest BCUT2D eigenvalue weighted by Crippen LogP contribution is -2.14. The molecule has 31 heavy (non-hydrogen) atoms. The zero-order chi connectivity index (χ0) is 22.4. The van der Waals surface area contributed by atoms with Gasteiger partial charge >= 0.3 is 5.97 Å². The fourth-order valence-electron chi connectivity index (χ4n) is 3.38. The van der Waals surface area contributed by atoms with E-state index in [1.165, 1.54) is 28.0 Å². The Labute approximate surface area is 188 Å². The third-order valence-corrected chi connectivity index (χ3v) is 7.09. The quantitative estimate of drug-likeness (QED) is 0.509. The average molecular weight is 458 g/mol. The first kappa shape index (κ1) is 22.8. The molecule has 1 aliphatic carbocycles. The predicted molar refractivity (Wildman–Crippen MR) is 122 cm³/mol. The Kier molecular flexibility index (Phi) is 7.71. The van der Waals surface area contributed by atoms with Crippen molar-refractivity contribution in [1.29, 1.82) is 5.26 Å². The molecule has 0 saturated heterocycles. The summed E-state index contributed by atoms with van der Waals surface area (Å²) >= 11 is 2.82. The van der Waals surface area contributed by atoms with Crippen LogP contribution in [0.2, 0.25) is 0 Å². The van der Waals surface area contributed by atoms with Crippen LogP contribution >= 0.6 is 23.1 Å². The van der Waals surface area contributed by atoms with Gasteiger partial charge in [-0.25, -0.2) is 0 Å². The monoisotopic (exact) mass is 457 g/mol. The highest BCUT2D eigenvalue weighted by molar-refractivity contribution is 8.00. The first-order chi connectivity index (χ1) is 14.9. The lowest BCUT2D eigenvalue weighted by Gasteiger charge is -2.17. The molecule has 0 radical (unpaired) electrons. The van der Waals surface area contributed by atoms with Crippen molar-refractivity contribution in [3.05, 3.63) is 40.3 Å². The van der Waals surface area contributed by atoms with E-state index in [9.17, 15) is 19.6 Å². The Morgan fingerprint density at radius 3 is 2.81 bits per heavy atom. The van der Waals surface area contributed by atoms with Gasteiger partial charge in [0.25, 0.3) is 0 Å². The highest BCUT2D eigenvalue weighted by atomic mass is 32.2. The van der Waals surface area contributed by atoms with Crippen molar-refractivity contribution in [1.82, 2.24) is 0 Å². The fraction of sp³-hybridized carbons (Fsp3) is 0.364. The molecule has 2 amide bonds. The summed E-state index contributed by atoms with van der Waals surface area (Å²) in [5.41, 5.74) is 2.23. The number of amides is 2. The number of nitrogens with zero attached hydrogens (tertiary/aromatic N) is 1. The summed E-state index contributed by atoms with van der Waals surface area (Å²) in [5.74, 6) is -0.827. The molecule has 3 N–H and O–H groups in total. The van der Waals surface area contributed by atoms with Gasteiger partial charge in [-0.2, -0.15) is 5.26 Å². The number of benzene rings is 1. The molecule has 0 fully saturated rings. The van der Waals surface area contributed by atoms with Gasteiger partial charge < -0.3 is 15.7 Å². The standard InChI is InChI=1S/C22H23N3O4S2/c1-13-5-6-16-17(11-23)22(31-18(16)9-13)25-20(27)12-30-15-4-2-3-14(10-15)24-19(26)7-8-21(28)29/h2-4,10,13H,5-9,12H2,1H3,(H,24,26)(H,25,27)(H,28,29). The number of thioether (sulfide) groups is 1. The number of carboxylic acid groups (broad SMARTS) is 1. The number of fused-ring (bicyclic) bond motifs is 1. The molecule has 1 aromatic carbocycles. The van der Waals surface area contributed by atoms with Crippen LogP contribution in [-0.4, -0.2) is 28.6 Å². The van der Waals surface area contributed by atoms with Crippen LogP contribution in [0.15, 0.2) is 29.2 Å². The molecule has 2 aromatic rings. The van der Waals surface area contributed by atoms with Gasteiger partial charge in [-0.3, -0.25) is 14.4 Å². The van der Waals surface area contributed by atoms with Gasteiger partial charge in [-0.1, -0.05) is 13.0 Å². The Morgan fingerprint density at radius 1 is 1.26 bits per heavy atom. The lowest BCUT2D eigenvalue weighted by atomic mass is 9.89. The van der Waals surface area contributed by atoms with Crippen LogP contribution in [0.25, 0.3) is 0 Å². The van der Waals surface area contributed by atoms with Crippen LogP contribution in [0.5, 0.6) is 0 Å². The van der Waals surface area contributed by atoms with E-state index >= 15 is 0 Å². The number of nitrogens with one attached hydrogen (secondary N) is 2. The molecule has 1 aliphatic rings. The minimum atomic E-state index is -1.02. The summed E-state index contributed by atoms with van der Waals surface area (Å²) in [6, 6.07) is 9.29. The summed E-state index contributed by atoms with van der Waals surface area (Å²) < 4.78 is 0. The maximum atomic E-state index is 12.5. The number of carbonyl (C=O) groups is 3. The fourth-order valence-corrected chi connectivity index (χ4v) is 5.51. The summed E-state index contributed by atoms with van der Waals surface area (Å²) in [7, 11) is 0. The average Bonchev–Trinajstić information content (AvgIpc) is 3.06. The van der Waals surface area contributed by atoms with E-state index in [4.69, 9.17) is 5.11 Å². The van der Waals surface area contributed by atoms with Crippen LogP contribution < -0.4 is 10.6 Å². The molecular weight excluding hydrogens is 434 g/mol. The smallest absolute Gasteiger partial charge is 0.303 e. The van der Waals surface area contributed by atoms with Gasteiger partial charge in [0.15, 0.2) is 0 Å². The van der Waals surface area contributed by atoms with Crippen molar-refractivity contribution in [3.63, 3.8) is 0 Å². The number of aliphatic carboxylic acids is 1. The topological polar surface area (TPSA) is 119 Å². The van der Waals surface area contributed by atoms with E-state index in [0.717, 1.165) is 29.7 Å². The molecule has 3 rings (SSSR count). The van der Waals surface area contributed by atoms with Crippen LogP contribution in [0.4, 0.5) is 10.7 Å². The maximum Gasteiger partial charge on any atom is 0.303 e. The minimum Gasteiger partial charge on any atom is -0.481 e. The summed E-state index contributed by atoms with van der Waals surface area (Å²) in [6.45, 7) is 2.20. The number of thiophene rings is 1. The molecule has 9 heteroatoms. The second-order valence-corrected chi connectivity index (χ2v) is 9.63. The first-order valence-electron chi connectivity index (χ1n) is 9.94.